The largest absolute Gasteiger partial charge is 0.416 e. The lowest BCUT2D eigenvalue weighted by Gasteiger charge is -2.25. The third-order valence-electron chi connectivity index (χ3n) is 7.41. The fourth-order valence-corrected chi connectivity index (χ4v) is 5.42. The first-order valence-corrected chi connectivity index (χ1v) is 13.6. The molecule has 1 atom stereocenters. The van der Waals surface area contributed by atoms with Gasteiger partial charge in [-0.25, -0.2) is 9.37 Å². The third-order valence-corrected chi connectivity index (χ3v) is 7.41. The van der Waals surface area contributed by atoms with E-state index < -0.39 is 64.7 Å². The van der Waals surface area contributed by atoms with Crippen LogP contribution >= 0.6 is 0 Å². The number of aromatic nitrogens is 2. The van der Waals surface area contributed by atoms with Crippen molar-refractivity contribution in [3.63, 3.8) is 0 Å². The molecular weight excluding hydrogens is 609 g/mol. The van der Waals surface area contributed by atoms with Gasteiger partial charge in [0.2, 0.25) is 0 Å². The van der Waals surface area contributed by atoms with E-state index in [2.05, 4.69) is 4.98 Å². The molecule has 2 amide bonds. The Morgan fingerprint density at radius 2 is 1.51 bits per heavy atom. The molecular formula is C31H25F7N4O3. The highest BCUT2D eigenvalue weighted by Crippen LogP contribution is 2.38. The highest BCUT2D eigenvalue weighted by atomic mass is 19.4. The molecule has 0 spiro atoms. The predicted octanol–water partition coefficient (Wildman–Crippen LogP) is 6.23. The van der Waals surface area contributed by atoms with Gasteiger partial charge in [0.05, 0.1) is 11.1 Å². The minimum Gasteiger partial charge on any atom is -0.343 e. The van der Waals surface area contributed by atoms with Crippen LogP contribution in [0.2, 0.25) is 0 Å². The van der Waals surface area contributed by atoms with Gasteiger partial charge in [0.15, 0.2) is 0 Å². The van der Waals surface area contributed by atoms with E-state index in [0.29, 0.717) is 17.7 Å². The van der Waals surface area contributed by atoms with Gasteiger partial charge in [-0.1, -0.05) is 19.1 Å². The van der Waals surface area contributed by atoms with Crippen LogP contribution in [0.25, 0.3) is 22.0 Å². The van der Waals surface area contributed by atoms with Crippen LogP contribution in [0, 0.1) is 11.7 Å². The SMILES string of the molecule is C[C@H]1CN(Cc2cc(C(F)(F)F)cc(C(F)(F)F)c2)C(=O)c2c(-c3ccc(F)cc3)c3ccc(C(=O)N(C)C)nc3c(=O)n2C1. The molecule has 4 aromatic rings. The van der Waals surface area contributed by atoms with Crippen LogP contribution in [0.4, 0.5) is 30.7 Å². The number of carbonyl (C=O) groups is 2. The molecule has 0 N–H and O–H groups in total. The Kier molecular flexibility index (Phi) is 7.96. The van der Waals surface area contributed by atoms with E-state index in [9.17, 15) is 45.1 Å². The summed E-state index contributed by atoms with van der Waals surface area (Å²) in [6.45, 7) is 0.856. The lowest BCUT2D eigenvalue weighted by molar-refractivity contribution is -0.143. The summed E-state index contributed by atoms with van der Waals surface area (Å²) in [6.07, 6.45) is -10.2. The summed E-state index contributed by atoms with van der Waals surface area (Å²) in [5, 5.41) is 0.148. The maximum atomic E-state index is 14.2. The summed E-state index contributed by atoms with van der Waals surface area (Å²) >= 11 is 0. The second kappa shape index (κ2) is 11.3. The van der Waals surface area contributed by atoms with Crippen LogP contribution in [0.15, 0.2) is 59.4 Å². The summed E-state index contributed by atoms with van der Waals surface area (Å²) in [6, 6.07) is 8.88. The Morgan fingerprint density at radius 1 is 0.911 bits per heavy atom. The maximum Gasteiger partial charge on any atom is 0.416 e. The summed E-state index contributed by atoms with van der Waals surface area (Å²) in [4.78, 5) is 47.4. The number of amides is 2. The number of nitrogens with zero attached hydrogens (tertiary/aromatic N) is 4. The molecule has 7 nitrogen and oxygen atoms in total. The smallest absolute Gasteiger partial charge is 0.343 e. The van der Waals surface area contributed by atoms with Gasteiger partial charge < -0.3 is 14.4 Å². The molecule has 5 rings (SSSR count). The van der Waals surface area contributed by atoms with Crippen molar-refractivity contribution >= 4 is 22.7 Å². The number of fused-ring (bicyclic) bond motifs is 2. The lowest BCUT2D eigenvalue weighted by Crippen LogP contribution is -2.34. The van der Waals surface area contributed by atoms with E-state index in [1.54, 1.807) is 6.92 Å². The van der Waals surface area contributed by atoms with E-state index in [1.807, 2.05) is 0 Å². The molecule has 0 aliphatic carbocycles. The number of hydrogen-bond acceptors (Lipinski definition) is 4. The first kappa shape index (κ1) is 31.7. The number of rotatable bonds is 4. The zero-order valence-electron chi connectivity index (χ0n) is 24.1. The molecule has 2 aromatic heterocycles. The molecule has 0 bridgehead atoms. The van der Waals surface area contributed by atoms with Crippen LogP contribution in [-0.4, -0.2) is 51.8 Å². The predicted molar refractivity (Wildman–Crippen MR) is 150 cm³/mol. The average molecular weight is 635 g/mol. The number of hydrogen-bond donors (Lipinski definition) is 0. The number of alkyl halides is 6. The van der Waals surface area contributed by atoms with Crippen molar-refractivity contribution in [2.75, 3.05) is 20.6 Å². The van der Waals surface area contributed by atoms with E-state index in [-0.39, 0.29) is 47.0 Å². The molecule has 0 radical (unpaired) electrons. The van der Waals surface area contributed by atoms with Gasteiger partial charge in [0.25, 0.3) is 17.4 Å². The van der Waals surface area contributed by atoms with Crippen LogP contribution in [0.1, 0.15) is 44.6 Å². The molecule has 0 unspecified atom stereocenters. The molecule has 0 saturated heterocycles. The topological polar surface area (TPSA) is 75.5 Å². The van der Waals surface area contributed by atoms with Gasteiger partial charge in [0.1, 0.15) is 22.7 Å². The first-order chi connectivity index (χ1) is 21.0. The molecule has 45 heavy (non-hydrogen) atoms. The van der Waals surface area contributed by atoms with Gasteiger partial charge in [-0.05, 0) is 59.5 Å². The minimum absolute atomic E-state index is 0.00626. The summed E-state index contributed by atoms with van der Waals surface area (Å²) in [7, 11) is 3.00. The fraction of sp³-hybridized carbons (Fsp3) is 0.290. The Labute approximate surface area is 251 Å². The van der Waals surface area contributed by atoms with Crippen LogP contribution in [0.3, 0.4) is 0 Å². The van der Waals surface area contributed by atoms with E-state index in [1.165, 1.54) is 43.3 Å². The van der Waals surface area contributed by atoms with Gasteiger partial charge in [0, 0.05) is 44.7 Å². The van der Waals surface area contributed by atoms with Crippen LogP contribution < -0.4 is 5.56 Å². The number of benzene rings is 2. The minimum atomic E-state index is -5.08. The second-order valence-electron chi connectivity index (χ2n) is 11.1. The van der Waals surface area contributed by atoms with Crippen molar-refractivity contribution in [3.05, 3.63) is 98.8 Å². The summed E-state index contributed by atoms with van der Waals surface area (Å²) in [5.41, 5.74) is -4.13. The Hall–Kier alpha value is -4.75. The highest BCUT2D eigenvalue weighted by molar-refractivity contribution is 6.08. The maximum absolute atomic E-state index is 14.2. The Morgan fingerprint density at radius 3 is 2.07 bits per heavy atom. The normalized spacial score (nSPS) is 15.6. The molecule has 0 saturated carbocycles. The summed E-state index contributed by atoms with van der Waals surface area (Å²) in [5.74, 6) is -2.41. The summed E-state index contributed by atoms with van der Waals surface area (Å²) < 4.78 is 96.4. The number of halogens is 7. The molecule has 2 aromatic carbocycles. The Balaban J connectivity index is 1.74. The first-order valence-electron chi connectivity index (χ1n) is 13.6. The zero-order chi connectivity index (χ0) is 33.0. The lowest BCUT2D eigenvalue weighted by atomic mass is 9.97. The number of carbonyl (C=O) groups excluding carboxylic acids is 2. The van der Waals surface area contributed by atoms with E-state index in [0.717, 1.165) is 21.6 Å². The van der Waals surface area contributed by atoms with Gasteiger partial charge in [-0.3, -0.25) is 14.4 Å². The molecule has 0 fully saturated rings. The second-order valence-corrected chi connectivity index (χ2v) is 11.1. The van der Waals surface area contributed by atoms with Crippen LogP contribution in [-0.2, 0) is 25.4 Å². The van der Waals surface area contributed by atoms with E-state index in [4.69, 9.17) is 0 Å². The third kappa shape index (κ3) is 6.13. The zero-order valence-corrected chi connectivity index (χ0v) is 24.1. The quantitative estimate of drug-likeness (QED) is 0.250. The van der Waals surface area contributed by atoms with Crippen molar-refractivity contribution in [2.24, 2.45) is 5.92 Å². The van der Waals surface area contributed by atoms with Crippen molar-refractivity contribution in [1.29, 1.82) is 0 Å². The molecule has 3 heterocycles. The van der Waals surface area contributed by atoms with Crippen molar-refractivity contribution in [3.8, 4) is 11.1 Å². The monoisotopic (exact) mass is 634 g/mol. The molecule has 14 heteroatoms. The molecule has 1 aliphatic rings. The molecule has 1 aliphatic heterocycles. The van der Waals surface area contributed by atoms with Crippen molar-refractivity contribution in [1.82, 2.24) is 19.4 Å². The standard InChI is InChI=1S/C31H25F7N4O3/c1-16-13-41(15-17-10-19(30(33,34)35)12-20(11-17)31(36,37)38)29(45)26-24(18-4-6-21(32)7-5-18)22-8-9-23(27(43)40(2)3)39-25(22)28(44)42(26)14-16/h4-12,16H,13-15H2,1-3H3/t16-/m0/s1. The van der Waals surface area contributed by atoms with Gasteiger partial charge in [-0.15, -0.1) is 0 Å². The van der Waals surface area contributed by atoms with Gasteiger partial charge in [-0.2, -0.15) is 26.3 Å². The highest BCUT2D eigenvalue weighted by Gasteiger charge is 2.38. The Bertz CT molecular complexity index is 1850. The molecule has 236 valence electrons. The number of pyridine rings is 2. The van der Waals surface area contributed by atoms with Crippen molar-refractivity contribution in [2.45, 2.75) is 32.4 Å². The van der Waals surface area contributed by atoms with E-state index >= 15 is 0 Å². The average Bonchev–Trinajstić information content (AvgIpc) is 3.08. The fourth-order valence-electron chi connectivity index (χ4n) is 5.42. The van der Waals surface area contributed by atoms with Crippen LogP contribution in [0.5, 0.6) is 0 Å². The van der Waals surface area contributed by atoms with Crippen molar-refractivity contribution < 1.29 is 40.3 Å². The van der Waals surface area contributed by atoms with Gasteiger partial charge >= 0.3 is 12.4 Å².